The first-order valence-corrected chi connectivity index (χ1v) is 8.93. The molecule has 0 saturated heterocycles. The van der Waals surface area contributed by atoms with Gasteiger partial charge < -0.3 is 4.74 Å². The van der Waals surface area contributed by atoms with E-state index in [1.807, 2.05) is 13.0 Å². The van der Waals surface area contributed by atoms with Crippen molar-refractivity contribution in [2.75, 3.05) is 7.11 Å². The van der Waals surface area contributed by atoms with Crippen LogP contribution in [0.4, 0.5) is 4.39 Å². The molecule has 28 heavy (non-hydrogen) atoms. The van der Waals surface area contributed by atoms with Gasteiger partial charge >= 0.3 is 5.97 Å². The zero-order valence-electron chi connectivity index (χ0n) is 15.5. The van der Waals surface area contributed by atoms with E-state index in [2.05, 4.69) is 0 Å². The molecule has 0 unspecified atom stereocenters. The van der Waals surface area contributed by atoms with Gasteiger partial charge in [0, 0.05) is 6.20 Å². The molecular weight excluding hydrogens is 359 g/mol. The lowest BCUT2D eigenvalue weighted by Crippen LogP contribution is -2.24. The minimum atomic E-state index is -0.655. The Kier molecular flexibility index (Phi) is 4.23. The highest BCUT2D eigenvalue weighted by Crippen LogP contribution is 2.43. The van der Waals surface area contributed by atoms with Gasteiger partial charge in [-0.05, 0) is 72.2 Å². The number of methoxy groups -OCH3 is 1. The van der Waals surface area contributed by atoms with Gasteiger partial charge in [-0.2, -0.15) is 5.26 Å². The summed E-state index contributed by atoms with van der Waals surface area (Å²) in [5, 5.41) is 8.94. The first-order chi connectivity index (χ1) is 13.5. The monoisotopic (exact) mass is 376 g/mol. The molecular formula is C22H17FN2O3. The number of hydrogen-bond donors (Lipinski definition) is 0. The summed E-state index contributed by atoms with van der Waals surface area (Å²) in [6, 6.07) is 9.64. The molecule has 1 aliphatic carbocycles. The van der Waals surface area contributed by atoms with Crippen LogP contribution in [0.15, 0.2) is 41.3 Å². The summed E-state index contributed by atoms with van der Waals surface area (Å²) < 4.78 is 20.3. The molecule has 0 radical (unpaired) electrons. The van der Waals surface area contributed by atoms with Crippen molar-refractivity contribution in [3.05, 3.63) is 75.0 Å². The summed E-state index contributed by atoms with van der Waals surface area (Å²) in [5.74, 6) is -0.956. The average molecular weight is 376 g/mol. The molecule has 1 fully saturated rings. The minimum absolute atomic E-state index is 0.0125. The number of aromatic nitrogens is 1. The molecule has 3 aromatic rings. The lowest BCUT2D eigenvalue weighted by molar-refractivity contribution is 0.0598. The quantitative estimate of drug-likeness (QED) is 0.649. The smallest absolute Gasteiger partial charge is 0.343 e. The lowest BCUT2D eigenvalue weighted by atomic mass is 9.96. The fraction of sp³-hybridized carbons (Fsp3) is 0.227. The molecule has 0 N–H and O–H groups in total. The predicted octanol–water partition coefficient (Wildman–Crippen LogP) is 3.95. The average Bonchev–Trinajstić information content (AvgIpc) is 3.53. The molecule has 0 bridgehead atoms. The van der Waals surface area contributed by atoms with Crippen molar-refractivity contribution in [1.82, 2.24) is 4.40 Å². The number of pyridine rings is 2. The summed E-state index contributed by atoms with van der Waals surface area (Å²) in [5.41, 5.74) is 3.45. The van der Waals surface area contributed by atoms with Crippen LogP contribution in [0.3, 0.4) is 0 Å². The number of hydrogen-bond acceptors (Lipinski definition) is 4. The highest BCUT2D eigenvalue weighted by molar-refractivity contribution is 5.90. The first-order valence-electron chi connectivity index (χ1n) is 8.93. The van der Waals surface area contributed by atoms with Crippen LogP contribution >= 0.6 is 0 Å². The Labute approximate surface area is 160 Å². The van der Waals surface area contributed by atoms with E-state index in [0.717, 1.165) is 35.0 Å². The number of carbonyl (C=O) groups is 1. The summed E-state index contributed by atoms with van der Waals surface area (Å²) in [4.78, 5) is 24.9. The normalized spacial score (nSPS) is 13.4. The van der Waals surface area contributed by atoms with Gasteiger partial charge in [-0.1, -0.05) is 6.07 Å². The van der Waals surface area contributed by atoms with E-state index in [1.54, 1.807) is 24.4 Å². The van der Waals surface area contributed by atoms with Crippen LogP contribution in [0.5, 0.6) is 0 Å². The topological polar surface area (TPSA) is 71.6 Å². The largest absolute Gasteiger partial charge is 0.465 e. The lowest BCUT2D eigenvalue weighted by Gasteiger charge is -2.16. The van der Waals surface area contributed by atoms with Crippen LogP contribution in [0.25, 0.3) is 16.6 Å². The Hall–Kier alpha value is -3.46. The third-order valence-corrected chi connectivity index (χ3v) is 5.24. The number of nitriles is 1. The number of nitrogens with zero attached hydrogens (tertiary/aromatic N) is 2. The van der Waals surface area contributed by atoms with Crippen LogP contribution in [-0.4, -0.2) is 17.5 Å². The van der Waals surface area contributed by atoms with Crippen molar-refractivity contribution >= 4 is 11.5 Å². The second-order valence-corrected chi connectivity index (χ2v) is 6.96. The van der Waals surface area contributed by atoms with Crippen LogP contribution in [0.2, 0.25) is 0 Å². The highest BCUT2D eigenvalue weighted by Gasteiger charge is 2.29. The molecule has 0 atom stereocenters. The minimum Gasteiger partial charge on any atom is -0.465 e. The van der Waals surface area contributed by atoms with E-state index < -0.39 is 17.3 Å². The fourth-order valence-corrected chi connectivity index (χ4v) is 3.64. The fourth-order valence-electron chi connectivity index (χ4n) is 3.64. The van der Waals surface area contributed by atoms with Gasteiger partial charge in [0.2, 0.25) is 0 Å². The standard InChI is InChI=1S/C22H17FN2O3/c1-12-16(14-5-6-15(11-24)19(23)9-14)7-8-25-20(12)17(13-3-4-13)10-18(21(25)26)22(27)28-2/h5-10,13H,3-4H2,1-2H3. The third kappa shape index (κ3) is 2.76. The number of rotatable bonds is 3. The van der Waals surface area contributed by atoms with Crippen LogP contribution < -0.4 is 5.56 Å². The number of fused-ring (bicyclic) bond motifs is 1. The van der Waals surface area contributed by atoms with Gasteiger partial charge in [0.1, 0.15) is 17.4 Å². The van der Waals surface area contributed by atoms with Crippen LogP contribution in [-0.2, 0) is 4.74 Å². The van der Waals surface area contributed by atoms with E-state index in [-0.39, 0.29) is 17.0 Å². The maximum Gasteiger partial charge on any atom is 0.343 e. The van der Waals surface area contributed by atoms with Gasteiger partial charge in [0.15, 0.2) is 0 Å². The predicted molar refractivity (Wildman–Crippen MR) is 102 cm³/mol. The first kappa shape index (κ1) is 17.9. The van der Waals surface area contributed by atoms with Crippen molar-refractivity contribution in [2.45, 2.75) is 25.7 Å². The maximum atomic E-state index is 14.1. The highest BCUT2D eigenvalue weighted by atomic mass is 19.1. The number of aryl methyl sites for hydroxylation is 1. The Bertz CT molecular complexity index is 1230. The summed E-state index contributed by atoms with van der Waals surface area (Å²) in [6.07, 6.45) is 3.59. The molecule has 2 heterocycles. The van der Waals surface area contributed by atoms with E-state index >= 15 is 0 Å². The number of ether oxygens (including phenoxy) is 1. The van der Waals surface area contributed by atoms with Gasteiger partial charge in [-0.15, -0.1) is 0 Å². The summed E-state index contributed by atoms with van der Waals surface area (Å²) in [7, 11) is 1.25. The van der Waals surface area contributed by atoms with Gasteiger partial charge in [0.05, 0.1) is 18.2 Å². The Morgan fingerprint density at radius 1 is 1.29 bits per heavy atom. The zero-order valence-corrected chi connectivity index (χ0v) is 15.5. The van der Waals surface area contributed by atoms with Gasteiger partial charge in [-0.3, -0.25) is 9.20 Å². The van der Waals surface area contributed by atoms with Crippen LogP contribution in [0.1, 0.15) is 45.8 Å². The SMILES string of the molecule is COC(=O)c1cc(C2CC2)c2c(C)c(-c3ccc(C#N)c(F)c3)ccn2c1=O. The summed E-state index contributed by atoms with van der Waals surface area (Å²) >= 11 is 0. The van der Waals surface area contributed by atoms with E-state index in [1.165, 1.54) is 23.6 Å². The zero-order chi connectivity index (χ0) is 20.0. The molecule has 5 nitrogen and oxygen atoms in total. The van der Waals surface area contributed by atoms with Crippen molar-refractivity contribution < 1.29 is 13.9 Å². The second-order valence-electron chi connectivity index (χ2n) is 6.96. The third-order valence-electron chi connectivity index (χ3n) is 5.24. The van der Waals surface area contributed by atoms with Gasteiger partial charge in [0.25, 0.3) is 5.56 Å². The molecule has 6 heteroatoms. The van der Waals surface area contributed by atoms with Crippen molar-refractivity contribution in [2.24, 2.45) is 0 Å². The molecule has 0 aliphatic heterocycles. The molecule has 4 rings (SSSR count). The molecule has 1 aliphatic rings. The summed E-state index contributed by atoms with van der Waals surface area (Å²) in [6.45, 7) is 1.88. The molecule has 0 spiro atoms. The number of benzene rings is 1. The van der Waals surface area contributed by atoms with E-state index in [0.29, 0.717) is 5.56 Å². The maximum absolute atomic E-state index is 14.1. The van der Waals surface area contributed by atoms with Crippen LogP contribution in [0, 0.1) is 24.1 Å². The number of carbonyl (C=O) groups excluding carboxylic acids is 1. The van der Waals surface area contributed by atoms with Crippen molar-refractivity contribution in [3.8, 4) is 17.2 Å². The molecule has 140 valence electrons. The second kappa shape index (κ2) is 6.61. The number of halogens is 1. The Balaban J connectivity index is 2.00. The molecule has 2 aromatic heterocycles. The van der Waals surface area contributed by atoms with Gasteiger partial charge in [-0.25, -0.2) is 9.18 Å². The number of esters is 1. The van der Waals surface area contributed by atoms with E-state index in [9.17, 15) is 14.0 Å². The molecule has 1 saturated carbocycles. The molecule has 0 amide bonds. The molecule has 1 aromatic carbocycles. The Morgan fingerprint density at radius 3 is 2.64 bits per heavy atom. The van der Waals surface area contributed by atoms with Crippen molar-refractivity contribution in [1.29, 1.82) is 5.26 Å². The van der Waals surface area contributed by atoms with Crippen molar-refractivity contribution in [3.63, 3.8) is 0 Å². The Morgan fingerprint density at radius 2 is 2.04 bits per heavy atom. The van der Waals surface area contributed by atoms with E-state index in [4.69, 9.17) is 10.00 Å².